The Morgan fingerprint density at radius 1 is 0.829 bits per heavy atom. The number of pyridine rings is 1. The van der Waals surface area contributed by atoms with Gasteiger partial charge in [0.2, 0.25) is 0 Å². The summed E-state index contributed by atoms with van der Waals surface area (Å²) in [5, 5.41) is 9.24. The highest BCUT2D eigenvalue weighted by Crippen LogP contribution is 2.29. The van der Waals surface area contributed by atoms with E-state index in [-0.39, 0.29) is 0 Å². The number of rotatable bonds is 6. The molecule has 1 aliphatic heterocycles. The second-order valence-corrected chi connectivity index (χ2v) is 9.66. The molecule has 4 aromatic rings. The number of fused-ring (bicyclic) bond motifs is 1. The van der Waals surface area contributed by atoms with Crippen molar-refractivity contribution in [1.29, 1.82) is 5.26 Å². The average molecular weight is 464 g/mol. The normalized spacial score (nSPS) is 14.9. The van der Waals surface area contributed by atoms with Gasteiger partial charge in [0.1, 0.15) is 5.65 Å². The standard InChI is InChI=1S/C30H33N5/c1-4-13-33-14-16-34(17-15-33)21-28-30(25-9-6-24(19-31)7-10-25)32-29-12-11-27(20-35(28)29)26-8-5-22(2)23(3)18-26/h5-12,18,20H,4,13-17,21H2,1-3H3. The van der Waals surface area contributed by atoms with E-state index in [4.69, 9.17) is 4.98 Å². The maximum Gasteiger partial charge on any atom is 0.137 e. The van der Waals surface area contributed by atoms with E-state index in [0.717, 1.165) is 49.6 Å². The van der Waals surface area contributed by atoms with E-state index in [1.807, 2.05) is 24.3 Å². The number of nitrogens with zero attached hydrogens (tertiary/aromatic N) is 5. The molecule has 0 N–H and O–H groups in total. The first-order valence-electron chi connectivity index (χ1n) is 12.6. The van der Waals surface area contributed by atoms with Crippen LogP contribution in [0.15, 0.2) is 60.8 Å². The highest BCUT2D eigenvalue weighted by Gasteiger charge is 2.21. The zero-order valence-corrected chi connectivity index (χ0v) is 21.0. The van der Waals surface area contributed by atoms with E-state index in [0.29, 0.717) is 5.56 Å². The van der Waals surface area contributed by atoms with Gasteiger partial charge in [-0.1, -0.05) is 37.3 Å². The Balaban J connectivity index is 1.55. The number of aryl methyl sites for hydroxylation is 2. The summed E-state index contributed by atoms with van der Waals surface area (Å²) in [6.45, 7) is 13.0. The van der Waals surface area contributed by atoms with Crippen LogP contribution in [0.25, 0.3) is 28.0 Å². The molecular weight excluding hydrogens is 430 g/mol. The Bertz CT molecular complexity index is 1370. The van der Waals surface area contributed by atoms with E-state index in [2.05, 4.69) is 77.6 Å². The molecule has 5 heteroatoms. The van der Waals surface area contributed by atoms with Crippen molar-refractivity contribution < 1.29 is 0 Å². The summed E-state index contributed by atoms with van der Waals surface area (Å²) in [5.74, 6) is 0. The highest BCUT2D eigenvalue weighted by molar-refractivity contribution is 5.71. The molecule has 2 aromatic heterocycles. The zero-order valence-electron chi connectivity index (χ0n) is 21.0. The van der Waals surface area contributed by atoms with Crippen molar-refractivity contribution in [2.24, 2.45) is 0 Å². The number of hydrogen-bond acceptors (Lipinski definition) is 4. The molecule has 5 nitrogen and oxygen atoms in total. The molecule has 35 heavy (non-hydrogen) atoms. The van der Waals surface area contributed by atoms with Gasteiger partial charge in [0.15, 0.2) is 0 Å². The highest BCUT2D eigenvalue weighted by atomic mass is 15.3. The minimum atomic E-state index is 0.670. The van der Waals surface area contributed by atoms with Crippen molar-refractivity contribution in [2.45, 2.75) is 33.7 Å². The lowest BCUT2D eigenvalue weighted by molar-refractivity contribution is 0.126. The lowest BCUT2D eigenvalue weighted by atomic mass is 10.0. The summed E-state index contributed by atoms with van der Waals surface area (Å²) < 4.78 is 2.27. The summed E-state index contributed by atoms with van der Waals surface area (Å²) in [6, 6.07) is 21.0. The quantitative estimate of drug-likeness (QED) is 0.369. The van der Waals surface area contributed by atoms with E-state index < -0.39 is 0 Å². The number of hydrogen-bond donors (Lipinski definition) is 0. The Kier molecular flexibility index (Phi) is 6.68. The summed E-state index contributed by atoms with van der Waals surface area (Å²) in [5.41, 5.74) is 9.92. The molecule has 0 amide bonds. The molecular formula is C30H33N5. The number of piperazine rings is 1. The fourth-order valence-electron chi connectivity index (χ4n) is 4.97. The molecule has 0 aliphatic carbocycles. The maximum absolute atomic E-state index is 9.24. The number of imidazole rings is 1. The Hall–Kier alpha value is -3.46. The van der Waals surface area contributed by atoms with Crippen LogP contribution in [0.1, 0.15) is 35.7 Å². The monoisotopic (exact) mass is 463 g/mol. The van der Waals surface area contributed by atoms with Crippen LogP contribution in [0.3, 0.4) is 0 Å². The van der Waals surface area contributed by atoms with Gasteiger partial charge in [-0.25, -0.2) is 4.98 Å². The Morgan fingerprint density at radius 2 is 1.51 bits per heavy atom. The van der Waals surface area contributed by atoms with Gasteiger partial charge in [-0.15, -0.1) is 0 Å². The fraction of sp³-hybridized carbons (Fsp3) is 0.333. The molecule has 0 atom stereocenters. The molecule has 0 saturated carbocycles. The minimum Gasteiger partial charge on any atom is -0.301 e. The molecule has 5 rings (SSSR count). The zero-order chi connectivity index (χ0) is 24.4. The van der Waals surface area contributed by atoms with Gasteiger partial charge in [0.25, 0.3) is 0 Å². The molecule has 1 fully saturated rings. The number of benzene rings is 2. The van der Waals surface area contributed by atoms with Crippen molar-refractivity contribution in [1.82, 2.24) is 19.2 Å². The van der Waals surface area contributed by atoms with Crippen molar-refractivity contribution in [3.63, 3.8) is 0 Å². The topological polar surface area (TPSA) is 47.6 Å². The van der Waals surface area contributed by atoms with Gasteiger partial charge in [0, 0.05) is 44.5 Å². The number of nitriles is 1. The second-order valence-electron chi connectivity index (χ2n) is 9.66. The third kappa shape index (κ3) is 4.86. The van der Waals surface area contributed by atoms with Crippen molar-refractivity contribution >= 4 is 5.65 Å². The summed E-state index contributed by atoms with van der Waals surface area (Å²) in [7, 11) is 0. The number of aromatic nitrogens is 2. The average Bonchev–Trinajstić information content (AvgIpc) is 3.24. The van der Waals surface area contributed by atoms with Gasteiger partial charge in [0.05, 0.1) is 23.0 Å². The molecule has 178 valence electrons. The molecule has 0 spiro atoms. The molecule has 0 radical (unpaired) electrons. The Morgan fingerprint density at radius 3 is 2.20 bits per heavy atom. The van der Waals surface area contributed by atoms with Crippen LogP contribution in [0, 0.1) is 25.2 Å². The molecule has 2 aromatic carbocycles. The van der Waals surface area contributed by atoms with Crippen molar-refractivity contribution in [2.75, 3.05) is 32.7 Å². The van der Waals surface area contributed by atoms with Crippen LogP contribution >= 0.6 is 0 Å². The van der Waals surface area contributed by atoms with E-state index in [1.54, 1.807) is 0 Å². The van der Waals surface area contributed by atoms with Crippen molar-refractivity contribution in [3.05, 3.63) is 83.2 Å². The first kappa shape index (κ1) is 23.3. The largest absolute Gasteiger partial charge is 0.301 e. The first-order chi connectivity index (χ1) is 17.1. The molecule has 0 bridgehead atoms. The predicted molar refractivity (Wildman–Crippen MR) is 142 cm³/mol. The van der Waals surface area contributed by atoms with Crippen LogP contribution in [0.5, 0.6) is 0 Å². The van der Waals surface area contributed by atoms with E-state index >= 15 is 0 Å². The van der Waals surface area contributed by atoms with Gasteiger partial charge < -0.3 is 9.30 Å². The van der Waals surface area contributed by atoms with Gasteiger partial charge in [-0.05, 0) is 73.3 Å². The SMILES string of the molecule is CCCN1CCN(Cc2c(-c3ccc(C#N)cc3)nc3ccc(-c4ccc(C)c(C)c4)cn23)CC1. The predicted octanol–water partition coefficient (Wildman–Crippen LogP) is 5.68. The summed E-state index contributed by atoms with van der Waals surface area (Å²) >= 11 is 0. The van der Waals surface area contributed by atoms with Gasteiger partial charge >= 0.3 is 0 Å². The van der Waals surface area contributed by atoms with Crippen molar-refractivity contribution in [3.8, 4) is 28.5 Å². The summed E-state index contributed by atoms with van der Waals surface area (Å²) in [4.78, 5) is 10.2. The van der Waals surface area contributed by atoms with E-state index in [1.165, 1.54) is 40.9 Å². The van der Waals surface area contributed by atoms with Crippen LogP contribution in [0.4, 0.5) is 0 Å². The smallest absolute Gasteiger partial charge is 0.137 e. The summed E-state index contributed by atoms with van der Waals surface area (Å²) in [6.07, 6.45) is 3.44. The minimum absolute atomic E-state index is 0.670. The molecule has 3 heterocycles. The molecule has 0 unspecified atom stereocenters. The molecule has 1 saturated heterocycles. The van der Waals surface area contributed by atoms with Gasteiger partial charge in [-0.2, -0.15) is 5.26 Å². The lowest BCUT2D eigenvalue weighted by Crippen LogP contribution is -2.46. The second kappa shape index (κ2) is 10.0. The van der Waals surface area contributed by atoms with Crippen LogP contribution < -0.4 is 0 Å². The maximum atomic E-state index is 9.24. The third-order valence-corrected chi connectivity index (χ3v) is 7.22. The first-order valence-corrected chi connectivity index (χ1v) is 12.6. The third-order valence-electron chi connectivity index (χ3n) is 7.22. The van der Waals surface area contributed by atoms with Gasteiger partial charge in [-0.3, -0.25) is 4.90 Å². The van der Waals surface area contributed by atoms with Crippen LogP contribution in [-0.2, 0) is 6.54 Å². The fourth-order valence-corrected chi connectivity index (χ4v) is 4.97. The van der Waals surface area contributed by atoms with Crippen LogP contribution in [0.2, 0.25) is 0 Å². The Labute approximate surface area is 208 Å². The van der Waals surface area contributed by atoms with Crippen LogP contribution in [-0.4, -0.2) is 51.9 Å². The van der Waals surface area contributed by atoms with E-state index in [9.17, 15) is 5.26 Å². The molecule has 1 aliphatic rings. The lowest BCUT2D eigenvalue weighted by Gasteiger charge is -2.34.